The molecule has 3 N–H and O–H groups in total. The molecule has 2 aromatic carbocycles. The molecule has 2 aromatic rings. The van der Waals surface area contributed by atoms with E-state index in [0.717, 1.165) is 11.1 Å². The van der Waals surface area contributed by atoms with Gasteiger partial charge in [0.25, 0.3) is 5.91 Å². The smallest absolute Gasteiger partial charge is 0.387 e. The number of rotatable bonds is 9. The van der Waals surface area contributed by atoms with Gasteiger partial charge in [-0.2, -0.15) is 8.78 Å². The number of nitrogens with two attached hydrogens (primary N) is 1. The predicted molar refractivity (Wildman–Crippen MR) is 96.4 cm³/mol. The van der Waals surface area contributed by atoms with Crippen LogP contribution in [0.25, 0.3) is 0 Å². The standard InChI is InChI=1S/C19H21ClF2N2O2/c1-13(15-3-2-4-16(20)11-15)24-12-18(25)23-10-9-14-5-7-17(8-6-14)26-19(21)22/h2-8,11,13,19,24H,9-10,12H2,1H3,(H,23,25)/p+1/t13-/m0/s1. The van der Waals surface area contributed by atoms with Gasteiger partial charge in [-0.15, -0.1) is 0 Å². The summed E-state index contributed by atoms with van der Waals surface area (Å²) >= 11 is 5.97. The molecule has 0 saturated heterocycles. The van der Waals surface area contributed by atoms with Gasteiger partial charge in [0.15, 0.2) is 6.54 Å². The van der Waals surface area contributed by atoms with Crippen molar-refractivity contribution in [3.05, 3.63) is 64.7 Å². The summed E-state index contributed by atoms with van der Waals surface area (Å²) in [5.74, 6) is 0.0638. The topological polar surface area (TPSA) is 54.9 Å². The lowest BCUT2D eigenvalue weighted by Gasteiger charge is -2.11. The fraction of sp³-hybridized carbons (Fsp3) is 0.316. The molecule has 1 atom stereocenters. The number of alkyl halides is 2. The first kappa shape index (κ1) is 20.1. The van der Waals surface area contributed by atoms with Crippen LogP contribution in [0.3, 0.4) is 0 Å². The van der Waals surface area contributed by atoms with E-state index >= 15 is 0 Å². The largest absolute Gasteiger partial charge is 0.435 e. The summed E-state index contributed by atoms with van der Waals surface area (Å²) in [7, 11) is 0. The van der Waals surface area contributed by atoms with Crippen LogP contribution in [0.5, 0.6) is 5.75 Å². The van der Waals surface area contributed by atoms with E-state index < -0.39 is 6.61 Å². The first-order chi connectivity index (χ1) is 12.4. The van der Waals surface area contributed by atoms with Gasteiger partial charge in [0.2, 0.25) is 0 Å². The number of ether oxygens (including phenoxy) is 1. The lowest BCUT2D eigenvalue weighted by atomic mass is 10.1. The molecule has 0 aliphatic heterocycles. The molecule has 0 bridgehead atoms. The predicted octanol–water partition coefficient (Wildman–Crippen LogP) is 2.92. The van der Waals surface area contributed by atoms with E-state index in [2.05, 4.69) is 10.1 Å². The Morgan fingerprint density at radius 3 is 2.62 bits per heavy atom. The number of halogens is 3. The molecule has 26 heavy (non-hydrogen) atoms. The third-order valence-corrected chi connectivity index (χ3v) is 4.15. The third kappa shape index (κ3) is 6.98. The second-order valence-electron chi connectivity index (χ2n) is 5.91. The van der Waals surface area contributed by atoms with E-state index in [9.17, 15) is 13.6 Å². The summed E-state index contributed by atoms with van der Waals surface area (Å²) in [6.07, 6.45) is 0.616. The Morgan fingerprint density at radius 2 is 1.96 bits per heavy atom. The lowest BCUT2D eigenvalue weighted by molar-refractivity contribution is -0.682. The number of benzene rings is 2. The molecule has 7 heteroatoms. The van der Waals surface area contributed by atoms with Crippen LogP contribution in [0.4, 0.5) is 8.78 Å². The van der Waals surface area contributed by atoms with Crippen molar-refractivity contribution in [1.82, 2.24) is 5.32 Å². The first-order valence-corrected chi connectivity index (χ1v) is 8.71. The maximum atomic E-state index is 12.1. The van der Waals surface area contributed by atoms with Crippen molar-refractivity contribution in [2.45, 2.75) is 26.0 Å². The van der Waals surface area contributed by atoms with Gasteiger partial charge in [0.05, 0.1) is 0 Å². The average Bonchev–Trinajstić information content (AvgIpc) is 2.60. The highest BCUT2D eigenvalue weighted by Gasteiger charge is 2.11. The number of carbonyl (C=O) groups excluding carboxylic acids is 1. The molecule has 0 saturated carbocycles. The average molecular weight is 384 g/mol. The Labute approximate surface area is 156 Å². The van der Waals surface area contributed by atoms with Gasteiger partial charge >= 0.3 is 6.61 Å². The van der Waals surface area contributed by atoms with Gasteiger partial charge in [-0.1, -0.05) is 35.9 Å². The van der Waals surface area contributed by atoms with Gasteiger partial charge in [-0.3, -0.25) is 4.79 Å². The van der Waals surface area contributed by atoms with E-state index in [-0.39, 0.29) is 17.7 Å². The van der Waals surface area contributed by atoms with E-state index in [0.29, 0.717) is 24.5 Å². The van der Waals surface area contributed by atoms with Crippen LogP contribution >= 0.6 is 11.6 Å². The molecule has 140 valence electrons. The van der Waals surface area contributed by atoms with Crippen molar-refractivity contribution in [3.8, 4) is 5.75 Å². The molecule has 4 nitrogen and oxygen atoms in total. The van der Waals surface area contributed by atoms with Crippen molar-refractivity contribution in [2.24, 2.45) is 0 Å². The first-order valence-electron chi connectivity index (χ1n) is 8.33. The zero-order valence-electron chi connectivity index (χ0n) is 14.4. The van der Waals surface area contributed by atoms with Crippen molar-refractivity contribution in [3.63, 3.8) is 0 Å². The van der Waals surface area contributed by atoms with Crippen molar-refractivity contribution < 1.29 is 23.6 Å². The fourth-order valence-corrected chi connectivity index (χ4v) is 2.66. The molecule has 0 heterocycles. The van der Waals surface area contributed by atoms with E-state index in [1.54, 1.807) is 12.1 Å². The zero-order chi connectivity index (χ0) is 18.9. The molecule has 0 aromatic heterocycles. The third-order valence-electron chi connectivity index (χ3n) is 3.92. The summed E-state index contributed by atoms with van der Waals surface area (Å²) in [6.45, 7) is -0.0185. The molecule has 0 fully saturated rings. The number of hydrogen-bond acceptors (Lipinski definition) is 2. The van der Waals surface area contributed by atoms with Gasteiger partial charge in [0.1, 0.15) is 11.8 Å². The summed E-state index contributed by atoms with van der Waals surface area (Å²) in [4.78, 5) is 11.9. The van der Waals surface area contributed by atoms with Crippen molar-refractivity contribution >= 4 is 17.5 Å². The van der Waals surface area contributed by atoms with Gasteiger partial charge in [0, 0.05) is 17.1 Å². The highest BCUT2D eigenvalue weighted by atomic mass is 35.5. The second kappa shape index (κ2) is 10.1. The number of quaternary nitrogens is 1. The summed E-state index contributed by atoms with van der Waals surface area (Å²) in [5, 5.41) is 5.47. The van der Waals surface area contributed by atoms with E-state index in [4.69, 9.17) is 11.6 Å². The maximum absolute atomic E-state index is 12.1. The van der Waals surface area contributed by atoms with Crippen LogP contribution in [-0.4, -0.2) is 25.6 Å². The molecular weight excluding hydrogens is 362 g/mol. The minimum absolute atomic E-state index is 0.0588. The Balaban J connectivity index is 1.68. The maximum Gasteiger partial charge on any atom is 0.387 e. The fourth-order valence-electron chi connectivity index (χ4n) is 2.47. The lowest BCUT2D eigenvalue weighted by Crippen LogP contribution is -2.87. The summed E-state index contributed by atoms with van der Waals surface area (Å²) in [6, 6.07) is 14.1. The quantitative estimate of drug-likeness (QED) is 0.699. The summed E-state index contributed by atoms with van der Waals surface area (Å²) in [5.41, 5.74) is 2.00. The van der Waals surface area contributed by atoms with Crippen LogP contribution in [-0.2, 0) is 11.2 Å². The molecule has 0 radical (unpaired) electrons. The Hall–Kier alpha value is -2.18. The van der Waals surface area contributed by atoms with E-state index in [1.165, 1.54) is 12.1 Å². The van der Waals surface area contributed by atoms with E-state index in [1.807, 2.05) is 36.5 Å². The van der Waals surface area contributed by atoms with Gasteiger partial charge in [-0.05, 0) is 43.2 Å². The minimum atomic E-state index is -2.83. The molecule has 0 aliphatic carbocycles. The van der Waals surface area contributed by atoms with Crippen molar-refractivity contribution in [2.75, 3.05) is 13.1 Å². The zero-order valence-corrected chi connectivity index (χ0v) is 15.2. The van der Waals surface area contributed by atoms with Crippen molar-refractivity contribution in [1.29, 1.82) is 0 Å². The molecule has 1 amide bonds. The van der Waals surface area contributed by atoms with Crippen LogP contribution in [0.15, 0.2) is 48.5 Å². The van der Waals surface area contributed by atoms with Crippen LogP contribution in [0.2, 0.25) is 5.02 Å². The number of amides is 1. The molecule has 0 aliphatic rings. The highest BCUT2D eigenvalue weighted by Crippen LogP contribution is 2.15. The summed E-state index contributed by atoms with van der Waals surface area (Å²) < 4.78 is 28.5. The molecular formula is C19H22ClF2N2O2+. The minimum Gasteiger partial charge on any atom is -0.435 e. The number of carbonyl (C=O) groups is 1. The van der Waals surface area contributed by atoms with Crippen LogP contribution in [0, 0.1) is 0 Å². The monoisotopic (exact) mass is 383 g/mol. The van der Waals surface area contributed by atoms with Gasteiger partial charge < -0.3 is 15.4 Å². The number of nitrogens with one attached hydrogen (secondary N) is 1. The Morgan fingerprint density at radius 1 is 1.23 bits per heavy atom. The highest BCUT2D eigenvalue weighted by molar-refractivity contribution is 6.30. The number of hydrogen-bond donors (Lipinski definition) is 2. The Bertz CT molecular complexity index is 711. The van der Waals surface area contributed by atoms with Crippen LogP contribution < -0.4 is 15.4 Å². The van der Waals surface area contributed by atoms with Gasteiger partial charge in [-0.25, -0.2) is 0 Å². The molecule has 0 unspecified atom stereocenters. The normalized spacial score (nSPS) is 12.0. The Kier molecular flexibility index (Phi) is 7.81. The molecule has 2 rings (SSSR count). The second-order valence-corrected chi connectivity index (χ2v) is 6.34. The molecule has 0 spiro atoms. The SMILES string of the molecule is C[C@H]([NH2+]CC(=O)NCCc1ccc(OC(F)F)cc1)c1cccc(Cl)c1. The van der Waals surface area contributed by atoms with Crippen LogP contribution in [0.1, 0.15) is 24.1 Å².